The van der Waals surface area contributed by atoms with Gasteiger partial charge in [-0.3, -0.25) is 0 Å². The van der Waals surface area contributed by atoms with Crippen LogP contribution in [0.2, 0.25) is 0 Å². The van der Waals surface area contributed by atoms with Gasteiger partial charge in [-0.25, -0.2) is 4.98 Å². The molecule has 0 aliphatic rings. The minimum absolute atomic E-state index is 0. The van der Waals surface area contributed by atoms with Crippen LogP contribution in [-0.2, 0) is 7.05 Å². The second-order valence-electron chi connectivity index (χ2n) is 3.26. The van der Waals surface area contributed by atoms with Gasteiger partial charge in [-0.2, -0.15) is 0 Å². The van der Waals surface area contributed by atoms with Crippen LogP contribution in [0.15, 0.2) is 36.8 Å². The number of imidazole rings is 1. The highest BCUT2D eigenvalue weighted by atomic mass is 15.0. The molecule has 0 aliphatic heterocycles. The molecule has 0 fully saturated rings. The van der Waals surface area contributed by atoms with E-state index in [1.54, 1.807) is 0 Å². The van der Waals surface area contributed by atoms with E-state index in [-0.39, 0.29) is 6.15 Å². The molecule has 0 spiro atoms. The van der Waals surface area contributed by atoms with Crippen molar-refractivity contribution in [3.8, 4) is 11.3 Å². The fourth-order valence-corrected chi connectivity index (χ4v) is 1.36. The highest BCUT2D eigenvalue weighted by Gasteiger charge is 2.00. The lowest BCUT2D eigenvalue weighted by atomic mass is 10.1. The fourth-order valence-electron chi connectivity index (χ4n) is 1.36. The maximum Gasteiger partial charge on any atom is 0.0948 e. The second-order valence-corrected chi connectivity index (χ2v) is 3.26. The number of hydrogen-bond donors (Lipinski definition) is 1. The molecule has 74 valence electrons. The van der Waals surface area contributed by atoms with Crippen molar-refractivity contribution in [3.05, 3.63) is 42.4 Å². The first-order chi connectivity index (χ1) is 6.27. The molecule has 1 aromatic heterocycles. The van der Waals surface area contributed by atoms with Crippen molar-refractivity contribution in [2.75, 3.05) is 0 Å². The first-order valence-electron chi connectivity index (χ1n) is 4.31. The van der Waals surface area contributed by atoms with E-state index in [2.05, 4.69) is 36.2 Å². The Morgan fingerprint density at radius 1 is 1.14 bits per heavy atom. The Hall–Kier alpha value is -1.61. The molecule has 0 saturated heterocycles. The number of aromatic nitrogens is 2. The Balaban J connectivity index is 0.000000980. The third-order valence-corrected chi connectivity index (χ3v) is 2.16. The lowest BCUT2D eigenvalue weighted by molar-refractivity contribution is 0.921. The lowest BCUT2D eigenvalue weighted by Gasteiger charge is -2.01. The quantitative estimate of drug-likeness (QED) is 0.749. The van der Waals surface area contributed by atoms with E-state index in [0.717, 1.165) is 5.69 Å². The summed E-state index contributed by atoms with van der Waals surface area (Å²) in [5.41, 5.74) is 3.65. The first-order valence-corrected chi connectivity index (χ1v) is 4.31. The molecule has 2 aromatic rings. The summed E-state index contributed by atoms with van der Waals surface area (Å²) in [6.45, 7) is 2.09. The highest BCUT2D eigenvalue weighted by molar-refractivity contribution is 5.58. The third-order valence-electron chi connectivity index (χ3n) is 2.16. The van der Waals surface area contributed by atoms with Gasteiger partial charge in [0, 0.05) is 7.05 Å². The zero-order valence-electron chi connectivity index (χ0n) is 8.57. The lowest BCUT2D eigenvalue weighted by Crippen LogP contribution is -1.88. The van der Waals surface area contributed by atoms with Crippen molar-refractivity contribution < 1.29 is 0 Å². The summed E-state index contributed by atoms with van der Waals surface area (Å²) < 4.78 is 2.02. The number of rotatable bonds is 1. The van der Waals surface area contributed by atoms with Gasteiger partial charge in [0.1, 0.15) is 0 Å². The van der Waals surface area contributed by atoms with Crippen molar-refractivity contribution in [2.24, 2.45) is 7.05 Å². The summed E-state index contributed by atoms with van der Waals surface area (Å²) in [5.74, 6) is 0. The van der Waals surface area contributed by atoms with E-state index in [4.69, 9.17) is 0 Å². The summed E-state index contributed by atoms with van der Waals surface area (Å²) in [6, 6.07) is 8.46. The largest absolute Gasteiger partial charge is 0.344 e. The molecule has 0 amide bonds. The molecular formula is C11H15N3. The number of aryl methyl sites for hydroxylation is 2. The van der Waals surface area contributed by atoms with Crippen molar-refractivity contribution in [1.29, 1.82) is 0 Å². The van der Waals surface area contributed by atoms with E-state index in [1.165, 1.54) is 11.1 Å². The van der Waals surface area contributed by atoms with Crippen molar-refractivity contribution >= 4 is 0 Å². The van der Waals surface area contributed by atoms with Gasteiger partial charge >= 0.3 is 0 Å². The maximum atomic E-state index is 4.08. The second kappa shape index (κ2) is 4.07. The molecule has 0 atom stereocenters. The summed E-state index contributed by atoms with van der Waals surface area (Å²) in [4.78, 5) is 4.08. The Bertz CT molecular complexity index is 401. The zero-order valence-corrected chi connectivity index (χ0v) is 8.57. The van der Waals surface area contributed by atoms with Crippen LogP contribution in [0.25, 0.3) is 11.3 Å². The zero-order chi connectivity index (χ0) is 9.26. The van der Waals surface area contributed by atoms with E-state index in [0.29, 0.717) is 0 Å². The van der Waals surface area contributed by atoms with E-state index in [9.17, 15) is 0 Å². The van der Waals surface area contributed by atoms with Gasteiger partial charge in [0.25, 0.3) is 0 Å². The molecule has 0 saturated carbocycles. The van der Waals surface area contributed by atoms with Crippen LogP contribution in [0.3, 0.4) is 0 Å². The molecule has 1 aromatic carbocycles. The van der Waals surface area contributed by atoms with Crippen LogP contribution < -0.4 is 6.15 Å². The van der Waals surface area contributed by atoms with Gasteiger partial charge in [0.05, 0.1) is 18.2 Å². The average molecular weight is 189 g/mol. The molecule has 3 N–H and O–H groups in total. The molecule has 1 heterocycles. The SMILES string of the molecule is Cc1ccc(-c2cncn2C)cc1.N. The fraction of sp³-hybridized carbons (Fsp3) is 0.182. The summed E-state index contributed by atoms with van der Waals surface area (Å²) in [7, 11) is 2.00. The molecule has 0 aliphatic carbocycles. The predicted octanol–water partition coefficient (Wildman–Crippen LogP) is 2.56. The van der Waals surface area contributed by atoms with Gasteiger partial charge in [-0.05, 0) is 12.5 Å². The normalized spacial score (nSPS) is 9.57. The summed E-state index contributed by atoms with van der Waals surface area (Å²) in [6.07, 6.45) is 3.69. The Morgan fingerprint density at radius 3 is 2.29 bits per heavy atom. The first kappa shape index (κ1) is 10.5. The van der Waals surface area contributed by atoms with Crippen molar-refractivity contribution in [3.63, 3.8) is 0 Å². The van der Waals surface area contributed by atoms with E-state index >= 15 is 0 Å². The maximum absolute atomic E-state index is 4.08. The van der Waals surface area contributed by atoms with E-state index in [1.807, 2.05) is 24.1 Å². The average Bonchev–Trinajstić information content (AvgIpc) is 2.53. The van der Waals surface area contributed by atoms with Gasteiger partial charge in [-0.15, -0.1) is 0 Å². The molecule has 0 radical (unpaired) electrons. The molecular weight excluding hydrogens is 174 g/mol. The number of nitrogens with zero attached hydrogens (tertiary/aromatic N) is 2. The smallest absolute Gasteiger partial charge is 0.0948 e. The van der Waals surface area contributed by atoms with Gasteiger partial charge in [0.15, 0.2) is 0 Å². The summed E-state index contributed by atoms with van der Waals surface area (Å²) >= 11 is 0. The molecule has 3 heteroatoms. The third kappa shape index (κ3) is 1.83. The molecule has 14 heavy (non-hydrogen) atoms. The number of hydrogen-bond acceptors (Lipinski definition) is 2. The topological polar surface area (TPSA) is 52.8 Å². The Morgan fingerprint density at radius 2 is 1.79 bits per heavy atom. The monoisotopic (exact) mass is 189 g/mol. The van der Waals surface area contributed by atoms with Crippen LogP contribution >= 0.6 is 0 Å². The summed E-state index contributed by atoms with van der Waals surface area (Å²) in [5, 5.41) is 0. The number of benzene rings is 1. The van der Waals surface area contributed by atoms with Gasteiger partial charge in [-0.1, -0.05) is 29.8 Å². The Kier molecular flexibility index (Phi) is 3.04. The molecule has 3 nitrogen and oxygen atoms in total. The standard InChI is InChI=1S/C11H12N2.H3N/c1-9-3-5-10(6-4-9)11-7-12-8-13(11)2;/h3-8H,1-2H3;1H3. The van der Waals surface area contributed by atoms with Crippen molar-refractivity contribution in [2.45, 2.75) is 6.92 Å². The van der Waals surface area contributed by atoms with Gasteiger partial charge < -0.3 is 10.7 Å². The minimum atomic E-state index is 0. The molecule has 2 rings (SSSR count). The highest BCUT2D eigenvalue weighted by Crippen LogP contribution is 2.17. The molecule has 0 unspecified atom stereocenters. The van der Waals surface area contributed by atoms with Crippen LogP contribution in [0, 0.1) is 6.92 Å². The van der Waals surface area contributed by atoms with Gasteiger partial charge in [0.2, 0.25) is 0 Å². The van der Waals surface area contributed by atoms with E-state index < -0.39 is 0 Å². The van der Waals surface area contributed by atoms with Crippen LogP contribution in [0.1, 0.15) is 5.56 Å². The predicted molar refractivity (Wildman–Crippen MR) is 58.4 cm³/mol. The van der Waals surface area contributed by atoms with Crippen LogP contribution in [-0.4, -0.2) is 9.55 Å². The van der Waals surface area contributed by atoms with Crippen molar-refractivity contribution in [1.82, 2.24) is 15.7 Å². The molecule has 0 bridgehead atoms. The Labute approximate surface area is 84.0 Å². The minimum Gasteiger partial charge on any atom is -0.344 e. The van der Waals surface area contributed by atoms with Crippen LogP contribution in [0.5, 0.6) is 0 Å². The van der Waals surface area contributed by atoms with Crippen LogP contribution in [0.4, 0.5) is 0 Å².